The third-order valence-electron chi connectivity index (χ3n) is 2.96. The maximum atomic E-state index is 12.0. The number of amides is 1. The molecule has 0 spiro atoms. The van der Waals surface area contributed by atoms with Crippen LogP contribution >= 0.6 is 0 Å². The predicted molar refractivity (Wildman–Crippen MR) is 75.6 cm³/mol. The molecule has 1 aromatic carbocycles. The molecule has 2 rings (SSSR count). The Morgan fingerprint density at radius 2 is 2.21 bits per heavy atom. The number of rotatable bonds is 4. The highest BCUT2D eigenvalue weighted by molar-refractivity contribution is 5.95. The Balaban J connectivity index is 2.02. The molecule has 1 aromatic heterocycles. The predicted octanol–water partition coefficient (Wildman–Crippen LogP) is 2.16. The summed E-state index contributed by atoms with van der Waals surface area (Å²) in [5.41, 5.74) is 9.16. The summed E-state index contributed by atoms with van der Waals surface area (Å²) in [6.07, 6.45) is 4.30. The number of nitrogens with two attached hydrogens (primary N) is 1. The van der Waals surface area contributed by atoms with Crippen molar-refractivity contribution in [3.8, 4) is 0 Å². The highest BCUT2D eigenvalue weighted by Crippen LogP contribution is 2.14. The number of pyridine rings is 1. The zero-order valence-corrected chi connectivity index (χ0v) is 10.9. The van der Waals surface area contributed by atoms with Gasteiger partial charge in [-0.2, -0.15) is 0 Å². The minimum absolute atomic E-state index is 0.127. The van der Waals surface area contributed by atoms with E-state index in [0.717, 1.165) is 17.5 Å². The highest BCUT2D eigenvalue weighted by atomic mass is 16.1. The van der Waals surface area contributed by atoms with Gasteiger partial charge < -0.3 is 11.1 Å². The molecule has 4 heteroatoms. The lowest BCUT2D eigenvalue weighted by Gasteiger charge is -2.08. The fourth-order valence-corrected chi connectivity index (χ4v) is 1.85. The number of carbonyl (C=O) groups is 1. The molecule has 0 saturated carbocycles. The zero-order valence-electron chi connectivity index (χ0n) is 10.9. The topological polar surface area (TPSA) is 68.0 Å². The van der Waals surface area contributed by atoms with Crippen LogP contribution in [0.3, 0.4) is 0 Å². The SMILES string of the molecule is CCc1ccc(C(=O)NCc2cccnc2)cc1N. The molecule has 0 fully saturated rings. The summed E-state index contributed by atoms with van der Waals surface area (Å²) < 4.78 is 0. The normalized spacial score (nSPS) is 10.2. The van der Waals surface area contributed by atoms with Crippen molar-refractivity contribution in [3.05, 3.63) is 59.4 Å². The number of anilines is 1. The Kier molecular flexibility index (Phi) is 4.13. The summed E-state index contributed by atoms with van der Waals surface area (Å²) in [5, 5.41) is 2.85. The third-order valence-corrected chi connectivity index (χ3v) is 2.96. The van der Waals surface area contributed by atoms with Gasteiger partial charge in [-0.25, -0.2) is 0 Å². The first-order chi connectivity index (χ1) is 9.20. The molecule has 4 nitrogen and oxygen atoms in total. The van der Waals surface area contributed by atoms with Gasteiger partial charge in [-0.15, -0.1) is 0 Å². The first-order valence-corrected chi connectivity index (χ1v) is 6.26. The summed E-state index contributed by atoms with van der Waals surface area (Å²) in [6, 6.07) is 9.18. The van der Waals surface area contributed by atoms with Gasteiger partial charge in [-0.3, -0.25) is 9.78 Å². The first kappa shape index (κ1) is 13.1. The lowest BCUT2D eigenvalue weighted by molar-refractivity contribution is 0.0951. The number of benzene rings is 1. The van der Waals surface area contributed by atoms with Crippen molar-refractivity contribution in [2.45, 2.75) is 19.9 Å². The molecule has 0 unspecified atom stereocenters. The van der Waals surface area contributed by atoms with Gasteiger partial charge in [0.25, 0.3) is 5.91 Å². The quantitative estimate of drug-likeness (QED) is 0.823. The van der Waals surface area contributed by atoms with Crippen LogP contribution in [0.15, 0.2) is 42.7 Å². The van der Waals surface area contributed by atoms with E-state index in [1.54, 1.807) is 24.5 Å². The molecular weight excluding hydrogens is 238 g/mol. The van der Waals surface area contributed by atoms with Gasteiger partial charge in [-0.1, -0.05) is 19.1 Å². The van der Waals surface area contributed by atoms with E-state index in [2.05, 4.69) is 10.3 Å². The number of nitrogens with one attached hydrogen (secondary N) is 1. The molecule has 1 amide bonds. The van der Waals surface area contributed by atoms with Crippen molar-refractivity contribution in [1.29, 1.82) is 0 Å². The van der Waals surface area contributed by atoms with Crippen LogP contribution in [0.4, 0.5) is 5.69 Å². The molecule has 0 bridgehead atoms. The second-order valence-corrected chi connectivity index (χ2v) is 4.31. The molecule has 2 aromatic rings. The van der Waals surface area contributed by atoms with E-state index in [1.165, 1.54) is 0 Å². The van der Waals surface area contributed by atoms with Crippen molar-refractivity contribution in [2.24, 2.45) is 0 Å². The number of hydrogen-bond donors (Lipinski definition) is 2. The Hall–Kier alpha value is -2.36. The van der Waals surface area contributed by atoms with Crippen molar-refractivity contribution >= 4 is 11.6 Å². The molecule has 3 N–H and O–H groups in total. The van der Waals surface area contributed by atoms with Crippen molar-refractivity contribution in [2.75, 3.05) is 5.73 Å². The van der Waals surface area contributed by atoms with Crippen molar-refractivity contribution < 1.29 is 4.79 Å². The molecule has 0 atom stereocenters. The standard InChI is InChI=1S/C15H17N3O/c1-2-12-5-6-13(8-14(12)16)15(19)18-10-11-4-3-7-17-9-11/h3-9H,2,10,16H2,1H3,(H,18,19). The Bertz CT molecular complexity index is 567. The van der Waals surface area contributed by atoms with Gasteiger partial charge in [-0.05, 0) is 35.7 Å². The summed E-state index contributed by atoms with van der Waals surface area (Å²) in [7, 11) is 0. The largest absolute Gasteiger partial charge is 0.398 e. The van der Waals surface area contributed by atoms with Crippen molar-refractivity contribution in [3.63, 3.8) is 0 Å². The summed E-state index contributed by atoms with van der Waals surface area (Å²) >= 11 is 0. The van der Waals surface area contributed by atoms with E-state index >= 15 is 0 Å². The average molecular weight is 255 g/mol. The molecule has 0 aliphatic rings. The van der Waals surface area contributed by atoms with Crippen LogP contribution in [0.5, 0.6) is 0 Å². The molecule has 0 aliphatic carbocycles. The maximum Gasteiger partial charge on any atom is 0.251 e. The lowest BCUT2D eigenvalue weighted by Crippen LogP contribution is -2.23. The van der Waals surface area contributed by atoms with Crippen LogP contribution < -0.4 is 11.1 Å². The molecule has 0 saturated heterocycles. The number of carbonyl (C=O) groups excluding carboxylic acids is 1. The molecule has 19 heavy (non-hydrogen) atoms. The number of nitrogens with zero attached hydrogens (tertiary/aromatic N) is 1. The van der Waals surface area contributed by atoms with Gasteiger partial charge in [0, 0.05) is 30.2 Å². The van der Waals surface area contributed by atoms with Crippen LogP contribution in [0.1, 0.15) is 28.4 Å². The number of nitrogen functional groups attached to an aromatic ring is 1. The minimum Gasteiger partial charge on any atom is -0.398 e. The second-order valence-electron chi connectivity index (χ2n) is 4.31. The van der Waals surface area contributed by atoms with Gasteiger partial charge in [0.1, 0.15) is 0 Å². The van der Waals surface area contributed by atoms with Gasteiger partial charge in [0.05, 0.1) is 0 Å². The van der Waals surface area contributed by atoms with Crippen LogP contribution in [0.25, 0.3) is 0 Å². The van der Waals surface area contributed by atoms with Crippen LogP contribution in [-0.2, 0) is 13.0 Å². The molecule has 98 valence electrons. The first-order valence-electron chi connectivity index (χ1n) is 6.26. The number of aryl methyl sites for hydroxylation is 1. The van der Waals surface area contributed by atoms with Crippen LogP contribution in [0.2, 0.25) is 0 Å². The van der Waals surface area contributed by atoms with Gasteiger partial charge >= 0.3 is 0 Å². The molecule has 1 heterocycles. The average Bonchev–Trinajstić information content (AvgIpc) is 2.45. The lowest BCUT2D eigenvalue weighted by atomic mass is 10.1. The summed E-state index contributed by atoms with van der Waals surface area (Å²) in [5.74, 6) is -0.127. The molecular formula is C15H17N3O. The molecule has 0 radical (unpaired) electrons. The van der Waals surface area contributed by atoms with Crippen molar-refractivity contribution in [1.82, 2.24) is 10.3 Å². The maximum absolute atomic E-state index is 12.0. The summed E-state index contributed by atoms with van der Waals surface area (Å²) in [4.78, 5) is 16.0. The highest BCUT2D eigenvalue weighted by Gasteiger charge is 2.07. The number of aromatic nitrogens is 1. The Morgan fingerprint density at radius 3 is 2.84 bits per heavy atom. The molecule has 0 aliphatic heterocycles. The van der Waals surface area contributed by atoms with E-state index in [9.17, 15) is 4.79 Å². The van der Waals surface area contributed by atoms with E-state index < -0.39 is 0 Å². The van der Waals surface area contributed by atoms with Gasteiger partial charge in [0.2, 0.25) is 0 Å². The van der Waals surface area contributed by atoms with Crippen LogP contribution in [0, 0.1) is 0 Å². The third kappa shape index (κ3) is 3.31. The van der Waals surface area contributed by atoms with Gasteiger partial charge in [0.15, 0.2) is 0 Å². The van der Waals surface area contributed by atoms with Crippen LogP contribution in [-0.4, -0.2) is 10.9 Å². The second kappa shape index (κ2) is 6.00. The smallest absolute Gasteiger partial charge is 0.251 e. The fourth-order valence-electron chi connectivity index (χ4n) is 1.85. The Morgan fingerprint density at radius 1 is 1.37 bits per heavy atom. The van der Waals surface area contributed by atoms with E-state index in [0.29, 0.717) is 17.8 Å². The van der Waals surface area contributed by atoms with E-state index in [1.807, 2.05) is 25.1 Å². The fraction of sp³-hybridized carbons (Fsp3) is 0.200. The zero-order chi connectivity index (χ0) is 13.7. The Labute approximate surface area is 112 Å². The monoisotopic (exact) mass is 255 g/mol. The summed E-state index contributed by atoms with van der Waals surface area (Å²) in [6.45, 7) is 2.50. The number of hydrogen-bond acceptors (Lipinski definition) is 3. The minimum atomic E-state index is -0.127. The van der Waals surface area contributed by atoms with E-state index in [4.69, 9.17) is 5.73 Å². The van der Waals surface area contributed by atoms with E-state index in [-0.39, 0.29) is 5.91 Å².